The molecule has 10 nitrogen and oxygen atoms in total. The van der Waals surface area contributed by atoms with E-state index in [9.17, 15) is 31.1 Å². The summed E-state index contributed by atoms with van der Waals surface area (Å²) in [5.41, 5.74) is 1.05. The van der Waals surface area contributed by atoms with E-state index in [2.05, 4.69) is 9.97 Å². The van der Waals surface area contributed by atoms with E-state index in [4.69, 9.17) is 29.3 Å². The van der Waals surface area contributed by atoms with Crippen molar-refractivity contribution in [2.75, 3.05) is 19.7 Å². The molecule has 2 aromatic rings. The van der Waals surface area contributed by atoms with Crippen LogP contribution in [0.3, 0.4) is 0 Å². The van der Waals surface area contributed by atoms with Crippen LogP contribution in [-0.2, 0) is 14.3 Å². The Morgan fingerprint density at radius 3 is 2.18 bits per heavy atom. The molecule has 16 heteroatoms. The molecule has 214 valence electrons. The Kier molecular flexibility index (Phi) is 10.2. The highest BCUT2D eigenvalue weighted by atomic mass is 19.4. The van der Waals surface area contributed by atoms with Crippen molar-refractivity contribution in [2.45, 2.75) is 43.8 Å². The minimum Gasteiger partial charge on any atom is -0.486 e. The van der Waals surface area contributed by atoms with Gasteiger partial charge in [0.2, 0.25) is 0 Å². The molecule has 2 fully saturated rings. The number of carbonyl (C=O) groups excluding carboxylic acids is 1. The van der Waals surface area contributed by atoms with Crippen LogP contribution < -0.4 is 4.74 Å². The summed E-state index contributed by atoms with van der Waals surface area (Å²) in [5, 5.41) is 14.2. The van der Waals surface area contributed by atoms with Crippen molar-refractivity contribution in [1.29, 1.82) is 0 Å². The second-order valence-electron chi connectivity index (χ2n) is 8.37. The van der Waals surface area contributed by atoms with Crippen LogP contribution in [0.25, 0.3) is 0 Å². The van der Waals surface area contributed by atoms with E-state index >= 15 is 0 Å². The number of hydrogen-bond acceptors (Lipinski definition) is 7. The Balaban J connectivity index is 0.000000317. The molecule has 4 rings (SSSR count). The molecule has 2 unspecified atom stereocenters. The van der Waals surface area contributed by atoms with Crippen LogP contribution >= 0.6 is 0 Å². The molecule has 2 aromatic heterocycles. The predicted octanol–water partition coefficient (Wildman–Crippen LogP) is 3.50. The van der Waals surface area contributed by atoms with Crippen molar-refractivity contribution in [2.24, 2.45) is 0 Å². The first kappa shape index (κ1) is 31.3. The van der Waals surface area contributed by atoms with Crippen molar-refractivity contribution in [3.05, 3.63) is 54.1 Å². The molecule has 2 saturated heterocycles. The third-order valence-electron chi connectivity index (χ3n) is 5.31. The van der Waals surface area contributed by atoms with E-state index in [1.165, 1.54) is 0 Å². The number of hydrogen-bond donors (Lipinski definition) is 2. The summed E-state index contributed by atoms with van der Waals surface area (Å²) in [4.78, 5) is 40.7. The van der Waals surface area contributed by atoms with Crippen molar-refractivity contribution in [1.82, 2.24) is 14.9 Å². The monoisotopic (exact) mass is 567 g/mol. The maximum absolute atomic E-state index is 12.7. The molecule has 0 saturated carbocycles. The topological polar surface area (TPSA) is 139 Å². The predicted molar refractivity (Wildman–Crippen MR) is 119 cm³/mol. The van der Waals surface area contributed by atoms with Crippen LogP contribution in [0.5, 0.6) is 5.75 Å². The second-order valence-corrected chi connectivity index (χ2v) is 8.37. The van der Waals surface area contributed by atoms with E-state index in [-0.39, 0.29) is 17.6 Å². The lowest BCUT2D eigenvalue weighted by Gasteiger charge is -2.23. The number of likely N-dealkylation sites (tertiary alicyclic amines) is 1. The Morgan fingerprint density at radius 2 is 1.67 bits per heavy atom. The summed E-state index contributed by atoms with van der Waals surface area (Å²) in [6, 6.07) is 9.27. The quantitative estimate of drug-likeness (QED) is 0.534. The van der Waals surface area contributed by atoms with Gasteiger partial charge >= 0.3 is 24.3 Å². The number of alkyl halides is 6. The molecular weight excluding hydrogens is 544 g/mol. The fourth-order valence-corrected chi connectivity index (χ4v) is 3.61. The van der Waals surface area contributed by atoms with Gasteiger partial charge in [-0.15, -0.1) is 0 Å². The number of ether oxygens (including phenoxy) is 2. The highest BCUT2D eigenvalue weighted by Gasteiger charge is 2.48. The first-order valence-electron chi connectivity index (χ1n) is 11.1. The van der Waals surface area contributed by atoms with Crippen LogP contribution in [0, 0.1) is 6.92 Å². The Hall–Kier alpha value is -3.95. The molecule has 0 aromatic carbocycles. The van der Waals surface area contributed by atoms with Crippen molar-refractivity contribution in [3.63, 3.8) is 0 Å². The number of aryl methyl sites for hydroxylation is 1. The van der Waals surface area contributed by atoms with Gasteiger partial charge in [0.25, 0.3) is 5.91 Å². The average Bonchev–Trinajstić information content (AvgIpc) is 3.45. The van der Waals surface area contributed by atoms with Gasteiger partial charge in [0.15, 0.2) is 0 Å². The summed E-state index contributed by atoms with van der Waals surface area (Å²) < 4.78 is 75.5. The number of amides is 1. The zero-order chi connectivity index (χ0) is 29.4. The Labute approximate surface area is 217 Å². The fourth-order valence-electron chi connectivity index (χ4n) is 3.61. The molecule has 2 aliphatic rings. The summed E-state index contributed by atoms with van der Waals surface area (Å²) in [7, 11) is 0. The number of nitrogens with zero attached hydrogens (tertiary/aromatic N) is 3. The molecule has 4 heterocycles. The van der Waals surface area contributed by atoms with E-state index in [1.54, 1.807) is 18.5 Å². The summed E-state index contributed by atoms with van der Waals surface area (Å²) >= 11 is 0. The van der Waals surface area contributed by atoms with Crippen molar-refractivity contribution < 1.29 is 60.4 Å². The minimum absolute atomic E-state index is 0.00338. The molecule has 39 heavy (non-hydrogen) atoms. The SMILES string of the molecule is Cc1cccc(C(=O)N2CCC3(CC(Oc4cccnc4)CO3)C2)n1.O=C(O)C(F)(F)F.O=C(O)C(F)(F)F. The molecule has 2 atom stereocenters. The fraction of sp³-hybridized carbons (Fsp3) is 0.435. The lowest BCUT2D eigenvalue weighted by atomic mass is 9.98. The number of aromatic nitrogens is 2. The molecule has 2 N–H and O–H groups in total. The molecular formula is C23H23F6N3O7. The van der Waals surface area contributed by atoms with Gasteiger partial charge in [-0.2, -0.15) is 26.3 Å². The smallest absolute Gasteiger partial charge is 0.486 e. The number of carbonyl (C=O) groups is 3. The standard InChI is InChI=1S/C19H21N3O3.2C2HF3O2/c1-14-4-2-6-17(21-14)18(23)22-9-7-19(13-22)10-16(12-24-19)25-15-5-3-8-20-11-15;2*3-2(4,5)1(6)7/h2-6,8,11,16H,7,9-10,12-13H2,1H3;2*(H,6,7). The summed E-state index contributed by atoms with van der Waals surface area (Å²) in [6.07, 6.45) is -5.13. The van der Waals surface area contributed by atoms with Gasteiger partial charge in [-0.05, 0) is 37.6 Å². The van der Waals surface area contributed by atoms with Crippen molar-refractivity contribution in [3.8, 4) is 5.75 Å². The van der Waals surface area contributed by atoms with Crippen molar-refractivity contribution >= 4 is 17.8 Å². The zero-order valence-electron chi connectivity index (χ0n) is 20.2. The van der Waals surface area contributed by atoms with Gasteiger partial charge in [-0.1, -0.05) is 6.07 Å². The third kappa shape index (κ3) is 9.70. The molecule has 2 aliphatic heterocycles. The lowest BCUT2D eigenvalue weighted by molar-refractivity contribution is -0.193. The first-order valence-corrected chi connectivity index (χ1v) is 11.1. The van der Waals surface area contributed by atoms with Gasteiger partial charge < -0.3 is 24.6 Å². The average molecular weight is 567 g/mol. The second kappa shape index (κ2) is 12.7. The van der Waals surface area contributed by atoms with Crippen LogP contribution in [0.1, 0.15) is 29.0 Å². The number of rotatable bonds is 3. The Bertz CT molecular complexity index is 1120. The normalized spacial score (nSPS) is 20.4. The maximum Gasteiger partial charge on any atom is 0.490 e. The van der Waals surface area contributed by atoms with Crippen LogP contribution in [0.15, 0.2) is 42.7 Å². The third-order valence-corrected chi connectivity index (χ3v) is 5.31. The van der Waals surface area contributed by atoms with Gasteiger partial charge in [0.1, 0.15) is 17.5 Å². The van der Waals surface area contributed by atoms with Crippen LogP contribution in [-0.4, -0.2) is 86.7 Å². The number of halogens is 6. The van der Waals surface area contributed by atoms with E-state index in [0.717, 1.165) is 24.3 Å². The maximum atomic E-state index is 12.7. The van der Waals surface area contributed by atoms with E-state index in [0.29, 0.717) is 25.4 Å². The summed E-state index contributed by atoms with van der Waals surface area (Å²) in [5.74, 6) is -4.79. The van der Waals surface area contributed by atoms with Gasteiger partial charge in [0.05, 0.1) is 24.9 Å². The number of carboxylic acids is 2. The minimum atomic E-state index is -5.08. The Morgan fingerprint density at radius 1 is 1.05 bits per heavy atom. The molecule has 1 spiro atoms. The molecule has 1 amide bonds. The number of carboxylic acid groups (broad SMARTS) is 2. The first-order chi connectivity index (χ1) is 18.0. The number of aliphatic carboxylic acids is 2. The highest BCUT2D eigenvalue weighted by Crippen LogP contribution is 2.37. The van der Waals surface area contributed by atoms with Gasteiger partial charge in [0, 0.05) is 24.9 Å². The highest BCUT2D eigenvalue weighted by molar-refractivity contribution is 5.92. The van der Waals surface area contributed by atoms with E-state index in [1.807, 2.05) is 36.1 Å². The van der Waals surface area contributed by atoms with Crippen LogP contribution in [0.2, 0.25) is 0 Å². The zero-order valence-corrected chi connectivity index (χ0v) is 20.2. The molecule has 0 aliphatic carbocycles. The van der Waals surface area contributed by atoms with Gasteiger partial charge in [-0.25, -0.2) is 14.6 Å². The number of pyridine rings is 2. The largest absolute Gasteiger partial charge is 0.490 e. The van der Waals surface area contributed by atoms with Crippen LogP contribution in [0.4, 0.5) is 26.3 Å². The lowest BCUT2D eigenvalue weighted by Crippen LogP contribution is -2.36. The molecule has 0 radical (unpaired) electrons. The summed E-state index contributed by atoms with van der Waals surface area (Å²) in [6.45, 7) is 3.71. The van der Waals surface area contributed by atoms with Gasteiger partial charge in [-0.3, -0.25) is 9.78 Å². The van der Waals surface area contributed by atoms with E-state index < -0.39 is 24.3 Å². The molecule has 0 bridgehead atoms.